The maximum atomic E-state index is 12.0. The molecule has 0 fully saturated rings. The van der Waals surface area contributed by atoms with E-state index >= 15 is 0 Å². The number of aromatic nitrogens is 2. The zero-order valence-corrected chi connectivity index (χ0v) is 16.9. The van der Waals surface area contributed by atoms with Crippen LogP contribution in [0.5, 0.6) is 17.2 Å². The minimum absolute atomic E-state index is 0.0896. The molecule has 0 aliphatic carbocycles. The topological polar surface area (TPSA) is 117 Å². The molecule has 0 N–H and O–H groups in total. The smallest absolute Gasteiger partial charge is 0.331 e. The first-order valence-electron chi connectivity index (χ1n) is 9.12. The van der Waals surface area contributed by atoms with Crippen LogP contribution in [-0.4, -0.2) is 36.9 Å². The standard InChI is InChI=1S/C22H19N3O6/c1-27-17-7-5-16(6-8-17)22-24-20(31-25-22)14-30-21(26)10-4-15-3-9-18(29-12-11-23)19(13-15)28-2/h3-10,13H,12,14H2,1-2H3. The number of nitriles is 1. The van der Waals surface area contributed by atoms with Crippen LogP contribution in [0.3, 0.4) is 0 Å². The van der Waals surface area contributed by atoms with Gasteiger partial charge in [-0.2, -0.15) is 10.2 Å². The van der Waals surface area contributed by atoms with Gasteiger partial charge >= 0.3 is 5.97 Å². The third kappa shape index (κ3) is 5.83. The molecule has 0 saturated carbocycles. The fraction of sp³-hybridized carbons (Fsp3) is 0.182. The van der Waals surface area contributed by atoms with Gasteiger partial charge in [0.25, 0.3) is 5.89 Å². The van der Waals surface area contributed by atoms with Gasteiger partial charge in [-0.05, 0) is 48.0 Å². The number of hydrogen-bond acceptors (Lipinski definition) is 9. The lowest BCUT2D eigenvalue weighted by Crippen LogP contribution is -2.01. The number of methoxy groups -OCH3 is 2. The van der Waals surface area contributed by atoms with Gasteiger partial charge in [0.2, 0.25) is 5.82 Å². The van der Waals surface area contributed by atoms with Crippen LogP contribution < -0.4 is 14.2 Å². The number of esters is 1. The van der Waals surface area contributed by atoms with Crippen molar-refractivity contribution in [2.45, 2.75) is 6.61 Å². The van der Waals surface area contributed by atoms with Gasteiger partial charge in [-0.25, -0.2) is 4.79 Å². The summed E-state index contributed by atoms with van der Waals surface area (Å²) in [5.41, 5.74) is 1.44. The molecule has 0 unspecified atom stereocenters. The van der Waals surface area contributed by atoms with E-state index in [1.807, 2.05) is 6.07 Å². The zero-order valence-electron chi connectivity index (χ0n) is 16.9. The minimum atomic E-state index is -0.576. The summed E-state index contributed by atoms with van der Waals surface area (Å²) in [5, 5.41) is 12.5. The van der Waals surface area contributed by atoms with Crippen molar-refractivity contribution in [3.8, 4) is 34.7 Å². The van der Waals surface area contributed by atoms with E-state index in [1.54, 1.807) is 55.7 Å². The normalized spacial score (nSPS) is 10.5. The van der Waals surface area contributed by atoms with E-state index in [0.717, 1.165) is 11.3 Å². The second kappa shape index (κ2) is 10.5. The van der Waals surface area contributed by atoms with Gasteiger partial charge < -0.3 is 23.5 Å². The second-order valence-electron chi connectivity index (χ2n) is 6.04. The highest BCUT2D eigenvalue weighted by Crippen LogP contribution is 2.28. The first kappa shape index (κ1) is 21.4. The highest BCUT2D eigenvalue weighted by molar-refractivity contribution is 5.87. The summed E-state index contributed by atoms with van der Waals surface area (Å²) < 4.78 is 25.9. The Balaban J connectivity index is 1.56. The fourth-order valence-corrected chi connectivity index (χ4v) is 2.53. The van der Waals surface area contributed by atoms with Crippen molar-refractivity contribution in [2.75, 3.05) is 20.8 Å². The quantitative estimate of drug-likeness (QED) is 0.378. The number of nitrogens with zero attached hydrogens (tertiary/aromatic N) is 3. The lowest BCUT2D eigenvalue weighted by atomic mass is 10.2. The molecule has 2 aromatic carbocycles. The Bertz CT molecular complexity index is 1100. The molecule has 0 aliphatic rings. The van der Waals surface area contributed by atoms with E-state index in [4.69, 9.17) is 28.7 Å². The Morgan fingerprint density at radius 3 is 2.65 bits per heavy atom. The number of hydrogen-bond donors (Lipinski definition) is 0. The summed E-state index contributed by atoms with van der Waals surface area (Å²) in [6.45, 7) is -0.246. The Morgan fingerprint density at radius 2 is 1.94 bits per heavy atom. The van der Waals surface area contributed by atoms with Crippen LogP contribution in [-0.2, 0) is 16.1 Å². The van der Waals surface area contributed by atoms with Crippen molar-refractivity contribution >= 4 is 12.0 Å². The molecular formula is C22H19N3O6. The lowest BCUT2D eigenvalue weighted by molar-refractivity contribution is -0.139. The predicted molar refractivity (Wildman–Crippen MR) is 109 cm³/mol. The van der Waals surface area contributed by atoms with Gasteiger partial charge in [0.1, 0.15) is 11.8 Å². The van der Waals surface area contributed by atoms with Crippen molar-refractivity contribution in [2.24, 2.45) is 0 Å². The molecule has 0 aliphatic heterocycles. The molecule has 1 heterocycles. The van der Waals surface area contributed by atoms with Crippen molar-refractivity contribution in [1.29, 1.82) is 5.26 Å². The average molecular weight is 421 g/mol. The van der Waals surface area contributed by atoms with E-state index in [1.165, 1.54) is 13.2 Å². The molecule has 1 aromatic heterocycles. The monoisotopic (exact) mass is 421 g/mol. The third-order valence-corrected chi connectivity index (χ3v) is 4.05. The molecule has 9 nitrogen and oxygen atoms in total. The van der Waals surface area contributed by atoms with Crippen LogP contribution in [0.25, 0.3) is 17.5 Å². The molecule has 0 atom stereocenters. The first-order valence-corrected chi connectivity index (χ1v) is 9.12. The SMILES string of the molecule is COc1ccc(-c2noc(COC(=O)C=Cc3ccc(OCC#N)c(OC)c3)n2)cc1. The molecule has 9 heteroatoms. The molecule has 0 spiro atoms. The van der Waals surface area contributed by atoms with Crippen LogP contribution in [0, 0.1) is 11.3 Å². The molecule has 0 bridgehead atoms. The van der Waals surface area contributed by atoms with Gasteiger partial charge in [-0.15, -0.1) is 0 Å². The van der Waals surface area contributed by atoms with E-state index in [2.05, 4.69) is 10.1 Å². The summed E-state index contributed by atoms with van der Waals surface area (Å²) in [5.74, 6) is 1.59. The number of ether oxygens (including phenoxy) is 4. The third-order valence-electron chi connectivity index (χ3n) is 4.05. The summed E-state index contributed by atoms with van der Waals surface area (Å²) >= 11 is 0. The zero-order chi connectivity index (χ0) is 22.1. The predicted octanol–water partition coefficient (Wildman–Crippen LogP) is 3.41. The maximum Gasteiger partial charge on any atom is 0.331 e. The van der Waals surface area contributed by atoms with Crippen LogP contribution in [0.15, 0.2) is 53.1 Å². The Kier molecular flexibility index (Phi) is 7.21. The van der Waals surface area contributed by atoms with Crippen LogP contribution >= 0.6 is 0 Å². The summed E-state index contributed by atoms with van der Waals surface area (Å²) in [7, 11) is 3.07. The fourth-order valence-electron chi connectivity index (χ4n) is 2.53. The van der Waals surface area contributed by atoms with Crippen molar-refractivity contribution in [3.05, 3.63) is 60.0 Å². The van der Waals surface area contributed by atoms with Crippen LogP contribution in [0.4, 0.5) is 0 Å². The largest absolute Gasteiger partial charge is 0.497 e. The number of rotatable bonds is 9. The van der Waals surface area contributed by atoms with Crippen molar-refractivity contribution in [1.82, 2.24) is 10.1 Å². The molecule has 0 saturated heterocycles. The number of carbonyl (C=O) groups excluding carboxylic acids is 1. The first-order chi connectivity index (χ1) is 15.1. The summed E-state index contributed by atoms with van der Waals surface area (Å²) in [6, 6.07) is 14.1. The molecule has 0 radical (unpaired) electrons. The highest BCUT2D eigenvalue weighted by atomic mass is 16.6. The highest BCUT2D eigenvalue weighted by Gasteiger charge is 2.11. The Morgan fingerprint density at radius 1 is 1.13 bits per heavy atom. The van der Waals surface area contributed by atoms with Crippen molar-refractivity contribution < 1.29 is 28.3 Å². The van der Waals surface area contributed by atoms with E-state index in [-0.39, 0.29) is 19.1 Å². The molecule has 31 heavy (non-hydrogen) atoms. The van der Waals surface area contributed by atoms with Crippen LogP contribution in [0.2, 0.25) is 0 Å². The summed E-state index contributed by atoms with van der Waals surface area (Å²) in [6.07, 6.45) is 2.83. The van der Waals surface area contributed by atoms with Crippen molar-refractivity contribution in [3.63, 3.8) is 0 Å². The molecule has 3 rings (SSSR count). The van der Waals surface area contributed by atoms with Gasteiger partial charge in [0.15, 0.2) is 24.7 Å². The van der Waals surface area contributed by atoms with Gasteiger partial charge in [-0.1, -0.05) is 11.2 Å². The Labute approximate surface area is 178 Å². The van der Waals surface area contributed by atoms with Crippen LogP contribution in [0.1, 0.15) is 11.5 Å². The van der Waals surface area contributed by atoms with Gasteiger partial charge in [-0.3, -0.25) is 0 Å². The lowest BCUT2D eigenvalue weighted by Gasteiger charge is -2.08. The maximum absolute atomic E-state index is 12.0. The van der Waals surface area contributed by atoms with E-state index < -0.39 is 5.97 Å². The summed E-state index contributed by atoms with van der Waals surface area (Å²) in [4.78, 5) is 16.2. The number of carbonyl (C=O) groups is 1. The minimum Gasteiger partial charge on any atom is -0.497 e. The average Bonchev–Trinajstić information content (AvgIpc) is 3.29. The molecule has 3 aromatic rings. The molecule has 0 amide bonds. The molecular weight excluding hydrogens is 402 g/mol. The Hall–Kier alpha value is -4.32. The van der Waals surface area contributed by atoms with Gasteiger partial charge in [0.05, 0.1) is 14.2 Å². The van der Waals surface area contributed by atoms with Gasteiger partial charge in [0, 0.05) is 11.6 Å². The van der Waals surface area contributed by atoms with E-state index in [0.29, 0.717) is 22.9 Å². The number of benzene rings is 2. The van der Waals surface area contributed by atoms with E-state index in [9.17, 15) is 4.79 Å². The second-order valence-corrected chi connectivity index (χ2v) is 6.04. The molecule has 158 valence electrons.